The molecule has 2 amide bonds. The van der Waals surface area contributed by atoms with E-state index in [1.54, 1.807) is 18.5 Å². The third kappa shape index (κ3) is 2.93. The maximum Gasteiger partial charge on any atom is 0.257 e. The molecule has 148 valence electrons. The van der Waals surface area contributed by atoms with Crippen LogP contribution in [-0.2, 0) is 0 Å². The van der Waals surface area contributed by atoms with Crippen molar-refractivity contribution in [1.29, 1.82) is 0 Å². The molecule has 3 aromatic rings. The average Bonchev–Trinajstić information content (AvgIpc) is 3.52. The molecule has 0 spiro atoms. The van der Waals surface area contributed by atoms with E-state index in [2.05, 4.69) is 29.3 Å². The van der Waals surface area contributed by atoms with Gasteiger partial charge in [0.15, 0.2) is 0 Å². The van der Waals surface area contributed by atoms with Gasteiger partial charge in [-0.05, 0) is 24.1 Å². The molecule has 2 saturated heterocycles. The Morgan fingerprint density at radius 2 is 1.97 bits per heavy atom. The molecule has 0 saturated carbocycles. The highest BCUT2D eigenvalue weighted by molar-refractivity contribution is 5.95. The van der Waals surface area contributed by atoms with Crippen molar-refractivity contribution in [1.82, 2.24) is 20.0 Å². The molecule has 2 aliphatic rings. The molecular formula is C22H22N4O3. The van der Waals surface area contributed by atoms with E-state index in [4.69, 9.17) is 4.42 Å². The van der Waals surface area contributed by atoms with E-state index in [0.717, 1.165) is 11.1 Å². The zero-order chi connectivity index (χ0) is 20.0. The summed E-state index contributed by atoms with van der Waals surface area (Å²) in [6.07, 6.45) is 6.21. The van der Waals surface area contributed by atoms with Crippen molar-refractivity contribution >= 4 is 11.8 Å². The molecular weight excluding hydrogens is 368 g/mol. The van der Waals surface area contributed by atoms with E-state index in [-0.39, 0.29) is 29.7 Å². The lowest BCUT2D eigenvalue weighted by Gasteiger charge is -2.30. The first kappa shape index (κ1) is 17.7. The van der Waals surface area contributed by atoms with Crippen LogP contribution in [0.2, 0.25) is 0 Å². The summed E-state index contributed by atoms with van der Waals surface area (Å²) in [5, 5.41) is 6.60. The molecule has 0 aliphatic carbocycles. The molecule has 5 rings (SSSR count). The number of aromatic amines is 1. The molecule has 1 N–H and O–H groups in total. The summed E-state index contributed by atoms with van der Waals surface area (Å²) in [7, 11) is 0. The van der Waals surface area contributed by atoms with E-state index in [1.165, 1.54) is 12.5 Å². The van der Waals surface area contributed by atoms with E-state index in [1.807, 2.05) is 21.9 Å². The van der Waals surface area contributed by atoms with Crippen molar-refractivity contribution in [3.63, 3.8) is 0 Å². The first-order chi connectivity index (χ1) is 14.1. The molecule has 2 aromatic heterocycles. The van der Waals surface area contributed by atoms with Gasteiger partial charge in [-0.25, -0.2) is 0 Å². The number of rotatable bonds is 3. The Balaban J connectivity index is 1.47. The summed E-state index contributed by atoms with van der Waals surface area (Å²) < 4.78 is 5.13. The van der Waals surface area contributed by atoms with Gasteiger partial charge in [-0.15, -0.1) is 0 Å². The Hall–Kier alpha value is -3.35. The molecule has 7 nitrogen and oxygen atoms in total. The zero-order valence-electron chi connectivity index (χ0n) is 16.1. The van der Waals surface area contributed by atoms with Crippen LogP contribution in [0.4, 0.5) is 0 Å². The summed E-state index contributed by atoms with van der Waals surface area (Å²) in [5.41, 5.74) is 3.44. The second-order valence-electron chi connectivity index (χ2n) is 7.89. The van der Waals surface area contributed by atoms with Crippen LogP contribution >= 0.6 is 0 Å². The lowest BCUT2D eigenvalue weighted by atomic mass is 9.87. The topological polar surface area (TPSA) is 82.4 Å². The Morgan fingerprint density at radius 1 is 1.10 bits per heavy atom. The fraction of sp³-hybridized carbons (Fsp3) is 0.318. The van der Waals surface area contributed by atoms with Crippen LogP contribution in [0.25, 0.3) is 0 Å². The van der Waals surface area contributed by atoms with Gasteiger partial charge in [0, 0.05) is 37.7 Å². The number of aromatic nitrogens is 2. The number of fused-ring (bicyclic) bond motifs is 1. The minimum absolute atomic E-state index is 0.00982. The maximum absolute atomic E-state index is 13.2. The summed E-state index contributed by atoms with van der Waals surface area (Å²) in [5.74, 6) is 0.410. The summed E-state index contributed by atoms with van der Waals surface area (Å²) in [6, 6.07) is 9.84. The molecule has 0 radical (unpaired) electrons. The van der Waals surface area contributed by atoms with Crippen molar-refractivity contribution < 1.29 is 14.0 Å². The van der Waals surface area contributed by atoms with Crippen molar-refractivity contribution in [3.05, 3.63) is 77.5 Å². The van der Waals surface area contributed by atoms with Crippen molar-refractivity contribution in [2.45, 2.75) is 13.0 Å². The lowest BCUT2D eigenvalue weighted by molar-refractivity contribution is 0.0676. The lowest BCUT2D eigenvalue weighted by Crippen LogP contribution is -2.37. The molecule has 1 aromatic carbocycles. The van der Waals surface area contributed by atoms with Crippen LogP contribution < -0.4 is 0 Å². The van der Waals surface area contributed by atoms with Gasteiger partial charge in [0.2, 0.25) is 0 Å². The summed E-state index contributed by atoms with van der Waals surface area (Å²) in [6.45, 7) is 3.98. The Bertz CT molecular complexity index is 1030. The number of furan rings is 1. The molecule has 4 heterocycles. The normalized spacial score (nSPS) is 23.4. The summed E-state index contributed by atoms with van der Waals surface area (Å²) in [4.78, 5) is 29.9. The Morgan fingerprint density at radius 3 is 2.69 bits per heavy atom. The quantitative estimate of drug-likeness (QED) is 0.745. The fourth-order valence-corrected chi connectivity index (χ4v) is 4.84. The van der Waals surface area contributed by atoms with Crippen LogP contribution in [0, 0.1) is 18.8 Å². The zero-order valence-corrected chi connectivity index (χ0v) is 16.1. The summed E-state index contributed by atoms with van der Waals surface area (Å²) >= 11 is 0. The first-order valence-electron chi connectivity index (χ1n) is 9.80. The second-order valence-corrected chi connectivity index (χ2v) is 7.89. The third-order valence-electron chi connectivity index (χ3n) is 6.23. The third-order valence-corrected chi connectivity index (χ3v) is 6.23. The number of hydrogen-bond donors (Lipinski definition) is 1. The number of amides is 2. The highest BCUT2D eigenvalue weighted by Gasteiger charge is 2.50. The van der Waals surface area contributed by atoms with Crippen LogP contribution in [0.5, 0.6) is 0 Å². The van der Waals surface area contributed by atoms with E-state index in [9.17, 15) is 9.59 Å². The van der Waals surface area contributed by atoms with Crippen LogP contribution in [-0.4, -0.2) is 51.4 Å². The van der Waals surface area contributed by atoms with Gasteiger partial charge in [0.1, 0.15) is 6.26 Å². The van der Waals surface area contributed by atoms with Gasteiger partial charge >= 0.3 is 0 Å². The van der Waals surface area contributed by atoms with Crippen LogP contribution in [0.1, 0.15) is 37.9 Å². The van der Waals surface area contributed by atoms with E-state index in [0.29, 0.717) is 30.8 Å². The van der Waals surface area contributed by atoms with E-state index < -0.39 is 0 Å². The van der Waals surface area contributed by atoms with Crippen molar-refractivity contribution in [2.24, 2.45) is 11.8 Å². The molecule has 29 heavy (non-hydrogen) atoms. The molecule has 2 aliphatic heterocycles. The van der Waals surface area contributed by atoms with Gasteiger partial charge in [0.05, 0.1) is 29.6 Å². The maximum atomic E-state index is 13.2. The number of H-pyrrole nitrogens is 1. The van der Waals surface area contributed by atoms with Crippen LogP contribution in [0.3, 0.4) is 0 Å². The number of likely N-dealkylation sites (tertiary alicyclic amines) is 2. The number of nitrogens with one attached hydrogen (secondary N) is 1. The predicted octanol–water partition coefficient (Wildman–Crippen LogP) is 2.90. The van der Waals surface area contributed by atoms with Gasteiger partial charge in [-0.1, -0.05) is 24.3 Å². The number of carbonyl (C=O) groups is 2. The van der Waals surface area contributed by atoms with Crippen molar-refractivity contribution in [2.75, 3.05) is 19.6 Å². The fourth-order valence-electron chi connectivity index (χ4n) is 4.84. The molecule has 0 bridgehead atoms. The smallest absolute Gasteiger partial charge is 0.257 e. The van der Waals surface area contributed by atoms with Crippen molar-refractivity contribution in [3.8, 4) is 0 Å². The number of nitrogens with zero attached hydrogens (tertiary/aromatic N) is 3. The SMILES string of the molecule is Cc1ccccc1[C@@H]1[C@H]2CN(C(=O)c3cn[nH]c3)C[C@H]2CN1C(=O)c1ccoc1. The highest BCUT2D eigenvalue weighted by atomic mass is 16.3. The van der Waals surface area contributed by atoms with Crippen LogP contribution in [0.15, 0.2) is 59.7 Å². The minimum atomic E-state index is -0.0641. The average molecular weight is 390 g/mol. The predicted molar refractivity (Wildman–Crippen MR) is 105 cm³/mol. The number of carbonyl (C=O) groups excluding carboxylic acids is 2. The van der Waals surface area contributed by atoms with E-state index >= 15 is 0 Å². The standard InChI is InChI=1S/C22H22N4O3/c1-14-4-2-3-5-18(14)20-19-12-25(21(27)16-8-23-24-9-16)10-17(19)11-26(20)22(28)15-6-7-29-13-15/h2-9,13,17,19-20H,10-12H2,1H3,(H,23,24)/t17-,19-,20+/m0/s1. The highest BCUT2D eigenvalue weighted by Crippen LogP contribution is 2.46. The minimum Gasteiger partial charge on any atom is -0.472 e. The monoisotopic (exact) mass is 390 g/mol. The van der Waals surface area contributed by atoms with Gasteiger partial charge in [-0.2, -0.15) is 5.10 Å². The van der Waals surface area contributed by atoms with Gasteiger partial charge in [-0.3, -0.25) is 14.7 Å². The number of benzene rings is 1. The largest absolute Gasteiger partial charge is 0.472 e. The first-order valence-corrected chi connectivity index (χ1v) is 9.80. The van der Waals surface area contributed by atoms with Gasteiger partial charge in [0.25, 0.3) is 11.8 Å². The van der Waals surface area contributed by atoms with Gasteiger partial charge < -0.3 is 14.2 Å². The molecule has 3 atom stereocenters. The molecule has 2 fully saturated rings. The Labute approximate surface area is 168 Å². The second kappa shape index (κ2) is 6.92. The number of aryl methyl sites for hydroxylation is 1. The molecule has 7 heteroatoms. The Kier molecular flexibility index (Phi) is 4.23. The number of hydrogen-bond acceptors (Lipinski definition) is 4. The molecule has 0 unspecified atom stereocenters.